The molecule has 0 heterocycles. The average molecular weight is 465 g/mol. The first-order valence-corrected chi connectivity index (χ1v) is 1.82. The molecule has 2 radical (unpaired) electrons. The van der Waals surface area contributed by atoms with Crippen LogP contribution >= 0.6 is 0 Å². The van der Waals surface area contributed by atoms with Crippen LogP contribution in [-0.4, -0.2) is 88.1 Å². The molecule has 0 N–H and O–H groups in total. The number of carboxylic acids is 2. The summed E-state index contributed by atoms with van der Waals surface area (Å²) in [6.45, 7) is 1.94. The number of hydrogen-bond donors (Lipinski definition) is 0. The van der Waals surface area contributed by atoms with Gasteiger partial charge in [-0.3, -0.25) is 0 Å². The van der Waals surface area contributed by atoms with E-state index in [1.54, 1.807) is 0 Å². The van der Waals surface area contributed by atoms with Gasteiger partial charge >= 0.3 is 76.2 Å². The topological polar surface area (TPSA) is 80.3 Å². The largest absolute Gasteiger partial charge is 2.00 e. The summed E-state index contributed by atoms with van der Waals surface area (Å²) < 4.78 is 0. The van der Waals surface area contributed by atoms with Gasteiger partial charge in [0.15, 0.2) is 0 Å². The zero-order valence-corrected chi connectivity index (χ0v) is 14.2. The van der Waals surface area contributed by atoms with Crippen molar-refractivity contribution in [1.29, 1.82) is 0 Å². The Kier molecular flexibility index (Phi) is 37.8. The number of rotatable bonds is 0. The van der Waals surface area contributed by atoms with Gasteiger partial charge in [0.1, 0.15) is 0 Å². The fourth-order valence-corrected chi connectivity index (χ4v) is 0. The normalized spacial score (nSPS) is 5.00. The second-order valence-corrected chi connectivity index (χ2v) is 0.983. The van der Waals surface area contributed by atoms with Gasteiger partial charge in [0.25, 0.3) is 0 Å². The summed E-state index contributed by atoms with van der Waals surface area (Å²) in [5.74, 6) is -2.17. The molecule has 4 nitrogen and oxygen atoms in total. The molecular weight excluding hydrogens is 457 g/mol. The van der Waals surface area contributed by atoms with Crippen LogP contribution < -0.4 is 10.2 Å². The summed E-state index contributed by atoms with van der Waals surface area (Å²) in [4.78, 5) is 17.8. The molecule has 0 rings (SSSR count). The van der Waals surface area contributed by atoms with Crippen LogP contribution in [0.25, 0.3) is 0 Å². The first-order chi connectivity index (χ1) is 3.46. The molecule has 0 amide bonds. The van der Waals surface area contributed by atoms with E-state index in [1.807, 2.05) is 0 Å². The van der Waals surface area contributed by atoms with Gasteiger partial charge in [-0.25, -0.2) is 0 Å². The molecule has 0 aliphatic carbocycles. The number of carboxylic acid groups (broad SMARTS) is 2. The van der Waals surface area contributed by atoms with Gasteiger partial charge in [-0.1, -0.05) is 0 Å². The van der Waals surface area contributed by atoms with Crippen LogP contribution in [0, 0.1) is 0 Å². The number of carbonyl (C=O) groups excluding carboxylic acids is 2. The molecule has 0 aliphatic rings. The number of hydrogen-bond acceptors (Lipinski definition) is 4. The summed E-state index contributed by atoms with van der Waals surface area (Å²) >= 11 is 0. The molecule has 0 spiro atoms. The van der Waals surface area contributed by atoms with E-state index in [2.05, 4.69) is 0 Å². The quantitative estimate of drug-likeness (QED) is 0.358. The second-order valence-electron chi connectivity index (χ2n) is 0.983. The van der Waals surface area contributed by atoms with Gasteiger partial charge in [0.2, 0.25) is 0 Å². The molecule has 0 fully saturated rings. The summed E-state index contributed by atoms with van der Waals surface area (Å²) in [6.07, 6.45) is 0. The zero-order chi connectivity index (χ0) is 7.15. The molecular formula is C4H8BaO4Pb. The Morgan fingerprint density at radius 1 is 1.10 bits per heavy atom. The smallest absolute Gasteiger partial charge is 1.00 e. The van der Waals surface area contributed by atoms with Crippen LogP contribution in [0.3, 0.4) is 0 Å². The van der Waals surface area contributed by atoms with Crippen molar-refractivity contribution >= 4 is 88.1 Å². The van der Waals surface area contributed by atoms with E-state index in [1.165, 1.54) is 0 Å². The monoisotopic (exact) mass is 466 g/mol. The second kappa shape index (κ2) is 16.8. The molecule has 0 bridgehead atoms. The van der Waals surface area contributed by atoms with E-state index in [0.29, 0.717) is 0 Å². The Bertz CT molecular complexity index is 83.1. The average Bonchev–Trinajstić information content (AvgIpc) is 1.25. The molecule has 6 heteroatoms. The van der Waals surface area contributed by atoms with Crippen LogP contribution in [-0.2, 0) is 9.59 Å². The molecule has 0 aromatic rings. The van der Waals surface area contributed by atoms with Crippen molar-refractivity contribution in [3.8, 4) is 0 Å². The first-order valence-electron chi connectivity index (χ1n) is 1.82. The number of carbonyl (C=O) groups is 2. The minimum atomic E-state index is -1.08. The van der Waals surface area contributed by atoms with Crippen molar-refractivity contribution < 1.29 is 22.7 Å². The fourth-order valence-electron chi connectivity index (χ4n) is 0. The third-order valence-electron chi connectivity index (χ3n) is 0. The van der Waals surface area contributed by atoms with Crippen molar-refractivity contribution in [3.63, 3.8) is 0 Å². The molecule has 0 aliphatic heterocycles. The third kappa shape index (κ3) is 327. The Labute approximate surface area is 123 Å². The maximum absolute atomic E-state index is 8.89. The summed E-state index contributed by atoms with van der Waals surface area (Å²) in [7, 11) is 0. The molecule has 54 valence electrons. The minimum Gasteiger partial charge on any atom is -1.00 e. The van der Waals surface area contributed by atoms with Crippen molar-refractivity contribution in [2.24, 2.45) is 0 Å². The van der Waals surface area contributed by atoms with Crippen molar-refractivity contribution in [3.05, 3.63) is 0 Å². The van der Waals surface area contributed by atoms with E-state index in [-0.39, 0.29) is 79.0 Å². The summed E-state index contributed by atoms with van der Waals surface area (Å²) in [6, 6.07) is 0. The van der Waals surface area contributed by atoms with E-state index in [4.69, 9.17) is 19.8 Å². The van der Waals surface area contributed by atoms with Crippen LogP contribution in [0.1, 0.15) is 16.7 Å². The van der Waals surface area contributed by atoms with Gasteiger partial charge < -0.3 is 22.7 Å². The van der Waals surface area contributed by atoms with E-state index in [0.717, 1.165) is 13.8 Å². The predicted molar refractivity (Wildman–Crippen MR) is 35.1 cm³/mol. The maximum atomic E-state index is 8.89. The van der Waals surface area contributed by atoms with Crippen molar-refractivity contribution in [1.82, 2.24) is 0 Å². The Morgan fingerprint density at radius 2 is 1.10 bits per heavy atom. The predicted octanol–water partition coefficient (Wildman–Crippen LogP) is -3.02. The van der Waals surface area contributed by atoms with Gasteiger partial charge in [0.05, 0.1) is 0 Å². The third-order valence-corrected chi connectivity index (χ3v) is 0. The van der Waals surface area contributed by atoms with Crippen LogP contribution in [0.4, 0.5) is 0 Å². The van der Waals surface area contributed by atoms with Gasteiger partial charge in [0, 0.05) is 11.9 Å². The molecule has 0 saturated carbocycles. The molecule has 0 atom stereocenters. The van der Waals surface area contributed by atoms with E-state index >= 15 is 0 Å². The Morgan fingerprint density at radius 3 is 1.10 bits per heavy atom. The molecule has 0 aromatic heterocycles. The minimum absolute atomic E-state index is 0. The molecule has 0 aromatic carbocycles. The fraction of sp³-hybridized carbons (Fsp3) is 0.500. The summed E-state index contributed by atoms with van der Waals surface area (Å²) in [5, 5.41) is 17.8. The maximum Gasteiger partial charge on any atom is 2.00 e. The van der Waals surface area contributed by atoms with E-state index in [9.17, 15) is 0 Å². The van der Waals surface area contributed by atoms with Crippen molar-refractivity contribution in [2.75, 3.05) is 0 Å². The van der Waals surface area contributed by atoms with Gasteiger partial charge in [-0.05, 0) is 13.8 Å². The van der Waals surface area contributed by atoms with Crippen LogP contribution in [0.5, 0.6) is 0 Å². The zero-order valence-electron chi connectivity index (χ0n) is 7.84. The Hall–Kier alpha value is 1.43. The standard InChI is InChI=1S/2C2H4O2.Ba.Pb.2H/c2*1-2(3)4;;;;/h2*1H3,(H,3,4);;;;/q;;2*+2;2*-1/p-2. The molecule has 10 heavy (non-hydrogen) atoms. The molecule has 0 unspecified atom stereocenters. The number of aliphatic carboxylic acids is 2. The van der Waals surface area contributed by atoms with Gasteiger partial charge in [-0.2, -0.15) is 0 Å². The van der Waals surface area contributed by atoms with Crippen LogP contribution in [0.15, 0.2) is 0 Å². The van der Waals surface area contributed by atoms with E-state index < -0.39 is 11.9 Å². The van der Waals surface area contributed by atoms with Crippen LogP contribution in [0.2, 0.25) is 0 Å². The molecule has 0 saturated heterocycles. The summed E-state index contributed by atoms with van der Waals surface area (Å²) in [5.41, 5.74) is 0. The SMILES string of the molecule is CC(=O)[O-].CC(=O)[O-].[Ba+2].[H-].[H-].[Pb+2]. The van der Waals surface area contributed by atoms with Crippen molar-refractivity contribution in [2.45, 2.75) is 13.8 Å². The Balaban J connectivity index is -0.0000000112. The van der Waals surface area contributed by atoms with Gasteiger partial charge in [-0.15, -0.1) is 0 Å². The first kappa shape index (κ1) is 22.5.